The molecule has 1 rings (SSSR count). The normalized spacial score (nSPS) is 11.5. The summed E-state index contributed by atoms with van der Waals surface area (Å²) in [7, 11) is 0. The Balaban J connectivity index is 2.47. The summed E-state index contributed by atoms with van der Waals surface area (Å²) in [5.74, 6) is 1.49. The van der Waals surface area contributed by atoms with E-state index in [9.17, 15) is 4.79 Å². The summed E-state index contributed by atoms with van der Waals surface area (Å²) in [6.07, 6.45) is 0.814. The van der Waals surface area contributed by atoms with Gasteiger partial charge in [-0.25, -0.2) is 0 Å². The summed E-state index contributed by atoms with van der Waals surface area (Å²) in [4.78, 5) is 14.7. The third kappa shape index (κ3) is 3.04. The van der Waals surface area contributed by atoms with Crippen molar-refractivity contribution in [2.24, 2.45) is 5.41 Å². The lowest BCUT2D eigenvalue weighted by molar-refractivity contribution is -0.129. The number of nitrogens with zero attached hydrogens (tertiary/aromatic N) is 2. The van der Waals surface area contributed by atoms with E-state index in [0.29, 0.717) is 12.4 Å². The Morgan fingerprint density at radius 1 is 1.47 bits per heavy atom. The van der Waals surface area contributed by atoms with Crippen molar-refractivity contribution >= 4 is 5.91 Å². The second-order valence-corrected chi connectivity index (χ2v) is 4.28. The van der Waals surface area contributed by atoms with Crippen LogP contribution in [0.1, 0.15) is 38.8 Å². The topological polar surface area (TPSA) is 70.7 Å². The number of H-pyrrole nitrogens is 1. The van der Waals surface area contributed by atoms with Gasteiger partial charge in [-0.3, -0.25) is 4.79 Å². The molecule has 0 aliphatic carbocycles. The highest BCUT2D eigenvalue weighted by molar-refractivity contribution is 5.81. The third-order valence-electron chi connectivity index (χ3n) is 2.56. The second kappa shape index (κ2) is 4.42. The van der Waals surface area contributed by atoms with Crippen LogP contribution in [0.5, 0.6) is 0 Å². The largest absolute Gasteiger partial charge is 0.348 e. The lowest BCUT2D eigenvalue weighted by Gasteiger charge is -2.20. The van der Waals surface area contributed by atoms with E-state index in [0.717, 1.165) is 12.2 Å². The highest BCUT2D eigenvalue weighted by Gasteiger charge is 2.24. The average molecular weight is 210 g/mol. The van der Waals surface area contributed by atoms with E-state index in [1.54, 1.807) is 0 Å². The van der Waals surface area contributed by atoms with Gasteiger partial charge in [0.15, 0.2) is 0 Å². The predicted molar refractivity (Wildman–Crippen MR) is 57.0 cm³/mol. The molecular weight excluding hydrogens is 192 g/mol. The molecule has 1 aromatic rings. The monoisotopic (exact) mass is 210 g/mol. The van der Waals surface area contributed by atoms with Gasteiger partial charge in [-0.1, -0.05) is 20.8 Å². The molecule has 5 heteroatoms. The van der Waals surface area contributed by atoms with Crippen LogP contribution in [-0.4, -0.2) is 21.1 Å². The molecule has 0 bridgehead atoms. The van der Waals surface area contributed by atoms with Gasteiger partial charge in [0.1, 0.15) is 11.6 Å². The van der Waals surface area contributed by atoms with Gasteiger partial charge in [0.25, 0.3) is 0 Å². The Morgan fingerprint density at radius 2 is 2.13 bits per heavy atom. The smallest absolute Gasteiger partial charge is 0.226 e. The highest BCUT2D eigenvalue weighted by atomic mass is 16.2. The van der Waals surface area contributed by atoms with Crippen LogP contribution in [0, 0.1) is 12.3 Å². The van der Waals surface area contributed by atoms with Crippen LogP contribution in [0.15, 0.2) is 0 Å². The first-order chi connectivity index (χ1) is 6.95. The number of hydrogen-bond acceptors (Lipinski definition) is 3. The molecule has 1 aromatic heterocycles. The number of amides is 1. The van der Waals surface area contributed by atoms with Crippen LogP contribution in [0.25, 0.3) is 0 Å². The standard InChI is InChI=1S/C10H18N4O/c1-5-10(3,4)9(15)11-6-8-12-7(2)13-14-8/h5-6H2,1-4H3,(H,11,15)(H,12,13,14). The molecule has 2 N–H and O–H groups in total. The summed E-state index contributed by atoms with van der Waals surface area (Å²) in [5.41, 5.74) is -0.324. The Labute approximate surface area is 89.7 Å². The lowest BCUT2D eigenvalue weighted by Crippen LogP contribution is -2.36. The van der Waals surface area contributed by atoms with Crippen LogP contribution < -0.4 is 5.32 Å². The van der Waals surface area contributed by atoms with Gasteiger partial charge in [0.05, 0.1) is 6.54 Å². The van der Waals surface area contributed by atoms with E-state index in [-0.39, 0.29) is 11.3 Å². The number of rotatable bonds is 4. The molecule has 0 saturated carbocycles. The quantitative estimate of drug-likeness (QED) is 0.783. The van der Waals surface area contributed by atoms with Crippen molar-refractivity contribution < 1.29 is 4.79 Å². The fourth-order valence-corrected chi connectivity index (χ4v) is 1.04. The highest BCUT2D eigenvalue weighted by Crippen LogP contribution is 2.19. The van der Waals surface area contributed by atoms with Crippen molar-refractivity contribution in [1.82, 2.24) is 20.5 Å². The second-order valence-electron chi connectivity index (χ2n) is 4.28. The molecule has 0 radical (unpaired) electrons. The Morgan fingerprint density at radius 3 is 2.60 bits per heavy atom. The number of carbonyl (C=O) groups excluding carboxylic acids is 1. The summed E-state index contributed by atoms with van der Waals surface area (Å²) < 4.78 is 0. The van der Waals surface area contributed by atoms with E-state index in [1.807, 2.05) is 27.7 Å². The van der Waals surface area contributed by atoms with Gasteiger partial charge in [0, 0.05) is 5.41 Å². The first-order valence-corrected chi connectivity index (χ1v) is 5.12. The van der Waals surface area contributed by atoms with Gasteiger partial charge < -0.3 is 10.3 Å². The Kier molecular flexibility index (Phi) is 3.44. The molecule has 15 heavy (non-hydrogen) atoms. The third-order valence-corrected chi connectivity index (χ3v) is 2.56. The van der Waals surface area contributed by atoms with E-state index < -0.39 is 0 Å². The first kappa shape index (κ1) is 11.7. The van der Waals surface area contributed by atoms with Crippen LogP contribution >= 0.6 is 0 Å². The number of carbonyl (C=O) groups is 1. The maximum absolute atomic E-state index is 11.7. The van der Waals surface area contributed by atoms with Crippen LogP contribution in [0.3, 0.4) is 0 Å². The number of aromatic amines is 1. The first-order valence-electron chi connectivity index (χ1n) is 5.12. The van der Waals surface area contributed by atoms with Crippen LogP contribution in [0.4, 0.5) is 0 Å². The van der Waals surface area contributed by atoms with Gasteiger partial charge >= 0.3 is 0 Å². The Hall–Kier alpha value is -1.39. The van der Waals surface area contributed by atoms with E-state index in [4.69, 9.17) is 0 Å². The maximum Gasteiger partial charge on any atom is 0.226 e. The van der Waals surface area contributed by atoms with Gasteiger partial charge in [0.2, 0.25) is 5.91 Å². The minimum absolute atomic E-state index is 0.0408. The molecular formula is C10H18N4O. The summed E-state index contributed by atoms with van der Waals surface area (Å²) in [6.45, 7) is 8.08. The van der Waals surface area contributed by atoms with Gasteiger partial charge in [-0.05, 0) is 13.3 Å². The molecule has 0 aliphatic heterocycles. The summed E-state index contributed by atoms with van der Waals surface area (Å²) >= 11 is 0. The SMILES string of the molecule is CCC(C)(C)C(=O)NCc1nnc(C)[nH]1. The van der Waals surface area contributed by atoms with E-state index >= 15 is 0 Å². The number of nitrogens with one attached hydrogen (secondary N) is 2. The van der Waals surface area contributed by atoms with Gasteiger partial charge in [-0.15, -0.1) is 10.2 Å². The summed E-state index contributed by atoms with van der Waals surface area (Å²) in [5, 5.41) is 10.5. The molecule has 0 saturated heterocycles. The van der Waals surface area contributed by atoms with Gasteiger partial charge in [-0.2, -0.15) is 0 Å². The summed E-state index contributed by atoms with van der Waals surface area (Å²) in [6, 6.07) is 0. The van der Waals surface area contributed by atoms with Crippen LogP contribution in [-0.2, 0) is 11.3 Å². The molecule has 0 unspecified atom stereocenters. The maximum atomic E-state index is 11.7. The molecule has 0 spiro atoms. The van der Waals surface area contributed by atoms with Crippen molar-refractivity contribution in [1.29, 1.82) is 0 Å². The molecule has 1 amide bonds. The van der Waals surface area contributed by atoms with Crippen molar-refractivity contribution in [2.75, 3.05) is 0 Å². The zero-order chi connectivity index (χ0) is 11.5. The molecule has 84 valence electrons. The molecule has 0 aromatic carbocycles. The fourth-order valence-electron chi connectivity index (χ4n) is 1.04. The zero-order valence-electron chi connectivity index (χ0n) is 9.72. The molecule has 5 nitrogen and oxygen atoms in total. The predicted octanol–water partition coefficient (Wildman–Crippen LogP) is 1.17. The van der Waals surface area contributed by atoms with E-state index in [1.165, 1.54) is 0 Å². The lowest BCUT2D eigenvalue weighted by atomic mass is 9.89. The fraction of sp³-hybridized carbons (Fsp3) is 0.700. The minimum atomic E-state index is -0.324. The molecule has 0 aliphatic rings. The van der Waals surface area contributed by atoms with E-state index in [2.05, 4.69) is 20.5 Å². The molecule has 0 atom stereocenters. The van der Waals surface area contributed by atoms with Crippen molar-refractivity contribution in [3.8, 4) is 0 Å². The van der Waals surface area contributed by atoms with Crippen molar-refractivity contribution in [2.45, 2.75) is 40.7 Å². The Bertz CT molecular complexity index is 343. The van der Waals surface area contributed by atoms with Crippen LogP contribution in [0.2, 0.25) is 0 Å². The molecule has 0 fully saturated rings. The van der Waals surface area contributed by atoms with Crippen molar-refractivity contribution in [3.05, 3.63) is 11.6 Å². The van der Waals surface area contributed by atoms with Crippen molar-refractivity contribution in [3.63, 3.8) is 0 Å². The number of aryl methyl sites for hydroxylation is 1. The number of aromatic nitrogens is 3. The average Bonchev–Trinajstić information content (AvgIpc) is 2.60. The number of hydrogen-bond donors (Lipinski definition) is 2. The zero-order valence-corrected chi connectivity index (χ0v) is 9.72. The molecule has 1 heterocycles. The minimum Gasteiger partial charge on any atom is -0.348 e.